The average Bonchev–Trinajstić information content (AvgIpc) is 2.99. The molecule has 0 atom stereocenters. The third-order valence-corrected chi connectivity index (χ3v) is 3.35. The lowest BCUT2D eigenvalue weighted by molar-refractivity contribution is 0.174. The number of nitrogens with zero attached hydrogens (tertiary/aromatic N) is 1. The molecule has 0 bridgehead atoms. The highest BCUT2D eigenvalue weighted by molar-refractivity contribution is 5.85. The number of aromatic nitrogens is 2. The predicted molar refractivity (Wildman–Crippen MR) is 78.4 cm³/mol. The van der Waals surface area contributed by atoms with Crippen molar-refractivity contribution >= 4 is 12.4 Å². The Morgan fingerprint density at radius 2 is 2.00 bits per heavy atom. The molecule has 20 heavy (non-hydrogen) atoms. The van der Waals surface area contributed by atoms with Crippen molar-refractivity contribution in [3.8, 4) is 11.5 Å². The van der Waals surface area contributed by atoms with Gasteiger partial charge in [-0.05, 0) is 31.5 Å². The minimum absolute atomic E-state index is 0. The Kier molecular flexibility index (Phi) is 4.52. The van der Waals surface area contributed by atoms with Gasteiger partial charge < -0.3 is 14.8 Å². The molecule has 0 amide bonds. The first-order valence-electron chi connectivity index (χ1n) is 6.34. The van der Waals surface area contributed by atoms with Crippen LogP contribution in [-0.4, -0.2) is 17.0 Å². The minimum Gasteiger partial charge on any atom is -0.454 e. The van der Waals surface area contributed by atoms with Crippen LogP contribution < -0.4 is 14.8 Å². The molecule has 0 aliphatic carbocycles. The van der Waals surface area contributed by atoms with Gasteiger partial charge in [0, 0.05) is 24.3 Å². The number of hydrogen-bond donors (Lipinski definition) is 2. The third-order valence-electron chi connectivity index (χ3n) is 3.35. The first-order valence-corrected chi connectivity index (χ1v) is 6.34. The number of ether oxygens (including phenoxy) is 2. The van der Waals surface area contributed by atoms with E-state index in [0.717, 1.165) is 36.0 Å². The molecule has 0 spiro atoms. The van der Waals surface area contributed by atoms with Crippen LogP contribution in [0.4, 0.5) is 0 Å². The van der Waals surface area contributed by atoms with Crippen molar-refractivity contribution in [1.82, 2.24) is 15.5 Å². The molecule has 0 radical (unpaired) electrons. The Balaban J connectivity index is 0.00000147. The molecular weight excluding hydrogens is 278 g/mol. The van der Waals surface area contributed by atoms with Crippen LogP contribution in [0, 0.1) is 13.8 Å². The Hall–Kier alpha value is -1.72. The summed E-state index contributed by atoms with van der Waals surface area (Å²) in [4.78, 5) is 0. The maximum absolute atomic E-state index is 5.36. The molecule has 1 aliphatic heterocycles. The second-order valence-electron chi connectivity index (χ2n) is 4.70. The van der Waals surface area contributed by atoms with E-state index in [-0.39, 0.29) is 12.4 Å². The number of nitrogens with one attached hydrogen (secondary N) is 2. The van der Waals surface area contributed by atoms with Crippen LogP contribution in [0.2, 0.25) is 0 Å². The standard InChI is InChI=1S/C14H17N3O2.ClH/c1-9-12(10(2)17-16-9)7-15-6-11-3-4-13-14(5-11)19-8-18-13;/h3-5,15H,6-8H2,1-2H3,(H,16,17);1H. The van der Waals surface area contributed by atoms with Gasteiger partial charge in [-0.25, -0.2) is 0 Å². The zero-order chi connectivity index (χ0) is 13.2. The highest BCUT2D eigenvalue weighted by atomic mass is 35.5. The smallest absolute Gasteiger partial charge is 0.231 e. The van der Waals surface area contributed by atoms with Gasteiger partial charge in [-0.1, -0.05) is 6.07 Å². The summed E-state index contributed by atoms with van der Waals surface area (Å²) in [5, 5.41) is 10.6. The fourth-order valence-corrected chi connectivity index (χ4v) is 2.22. The number of H-pyrrole nitrogens is 1. The van der Waals surface area contributed by atoms with Gasteiger partial charge in [0.1, 0.15) is 0 Å². The fourth-order valence-electron chi connectivity index (χ4n) is 2.22. The van der Waals surface area contributed by atoms with Gasteiger partial charge in [0.2, 0.25) is 6.79 Å². The van der Waals surface area contributed by atoms with Crippen LogP contribution in [0.5, 0.6) is 11.5 Å². The van der Waals surface area contributed by atoms with E-state index in [2.05, 4.69) is 21.6 Å². The van der Waals surface area contributed by atoms with Crippen molar-refractivity contribution in [2.45, 2.75) is 26.9 Å². The number of aryl methyl sites for hydroxylation is 2. The fraction of sp³-hybridized carbons (Fsp3) is 0.357. The quantitative estimate of drug-likeness (QED) is 0.910. The summed E-state index contributed by atoms with van der Waals surface area (Å²) in [6, 6.07) is 6.02. The van der Waals surface area contributed by atoms with Gasteiger partial charge in [0.25, 0.3) is 0 Å². The Morgan fingerprint density at radius 1 is 1.20 bits per heavy atom. The monoisotopic (exact) mass is 295 g/mol. The van der Waals surface area contributed by atoms with E-state index in [0.29, 0.717) is 6.79 Å². The molecule has 2 heterocycles. The summed E-state index contributed by atoms with van der Waals surface area (Å²) in [6.45, 7) is 5.97. The molecule has 108 valence electrons. The lowest BCUT2D eigenvalue weighted by Gasteiger charge is -2.06. The second-order valence-corrected chi connectivity index (χ2v) is 4.70. The highest BCUT2D eigenvalue weighted by Crippen LogP contribution is 2.32. The maximum atomic E-state index is 5.36. The van der Waals surface area contributed by atoms with Crippen molar-refractivity contribution in [2.24, 2.45) is 0 Å². The number of hydrogen-bond acceptors (Lipinski definition) is 4. The Bertz CT molecular complexity index is 579. The highest BCUT2D eigenvalue weighted by Gasteiger charge is 2.13. The zero-order valence-electron chi connectivity index (χ0n) is 11.5. The minimum atomic E-state index is 0. The SMILES string of the molecule is Cc1n[nH]c(C)c1CNCc1ccc2c(c1)OCO2.Cl. The van der Waals surface area contributed by atoms with Crippen molar-refractivity contribution in [2.75, 3.05) is 6.79 Å². The van der Waals surface area contributed by atoms with Crippen LogP contribution in [0.15, 0.2) is 18.2 Å². The number of fused-ring (bicyclic) bond motifs is 1. The van der Waals surface area contributed by atoms with Gasteiger partial charge in [0.05, 0.1) is 5.69 Å². The van der Waals surface area contributed by atoms with E-state index in [4.69, 9.17) is 9.47 Å². The first-order chi connectivity index (χ1) is 9.24. The number of benzene rings is 1. The lowest BCUT2D eigenvalue weighted by atomic mass is 10.1. The van der Waals surface area contributed by atoms with E-state index in [1.165, 1.54) is 11.1 Å². The molecule has 1 aliphatic rings. The molecule has 2 N–H and O–H groups in total. The number of aromatic amines is 1. The second kappa shape index (κ2) is 6.15. The molecule has 3 rings (SSSR count). The molecule has 1 aromatic carbocycles. The van der Waals surface area contributed by atoms with Crippen LogP contribution >= 0.6 is 12.4 Å². The van der Waals surface area contributed by atoms with E-state index in [1.807, 2.05) is 26.0 Å². The molecular formula is C14H18ClN3O2. The third kappa shape index (κ3) is 2.89. The van der Waals surface area contributed by atoms with E-state index < -0.39 is 0 Å². The van der Waals surface area contributed by atoms with E-state index >= 15 is 0 Å². The van der Waals surface area contributed by atoms with Gasteiger partial charge in [-0.2, -0.15) is 5.10 Å². The molecule has 0 unspecified atom stereocenters. The molecule has 0 saturated heterocycles. The predicted octanol–water partition coefficient (Wildman–Crippen LogP) is 2.47. The summed E-state index contributed by atoms with van der Waals surface area (Å²) in [7, 11) is 0. The number of rotatable bonds is 4. The van der Waals surface area contributed by atoms with Gasteiger partial charge in [-0.15, -0.1) is 12.4 Å². The molecule has 0 saturated carbocycles. The topological polar surface area (TPSA) is 59.2 Å². The van der Waals surface area contributed by atoms with Crippen LogP contribution in [-0.2, 0) is 13.1 Å². The van der Waals surface area contributed by atoms with Crippen LogP contribution in [0.1, 0.15) is 22.5 Å². The zero-order valence-corrected chi connectivity index (χ0v) is 12.3. The molecule has 6 heteroatoms. The summed E-state index contributed by atoms with van der Waals surface area (Å²) in [5.41, 5.74) is 4.59. The van der Waals surface area contributed by atoms with E-state index in [1.54, 1.807) is 0 Å². The molecule has 1 aromatic heterocycles. The van der Waals surface area contributed by atoms with Crippen LogP contribution in [0.3, 0.4) is 0 Å². The molecule has 2 aromatic rings. The average molecular weight is 296 g/mol. The normalized spacial score (nSPS) is 12.3. The van der Waals surface area contributed by atoms with Crippen molar-refractivity contribution in [1.29, 1.82) is 0 Å². The summed E-state index contributed by atoms with van der Waals surface area (Å²) in [6.07, 6.45) is 0. The van der Waals surface area contributed by atoms with Crippen molar-refractivity contribution < 1.29 is 9.47 Å². The van der Waals surface area contributed by atoms with Gasteiger partial charge >= 0.3 is 0 Å². The van der Waals surface area contributed by atoms with E-state index in [9.17, 15) is 0 Å². The summed E-state index contributed by atoms with van der Waals surface area (Å²) < 4.78 is 10.7. The Morgan fingerprint density at radius 3 is 2.75 bits per heavy atom. The summed E-state index contributed by atoms with van der Waals surface area (Å²) in [5.74, 6) is 1.65. The number of halogens is 1. The van der Waals surface area contributed by atoms with Gasteiger partial charge in [0.15, 0.2) is 11.5 Å². The Labute approximate surface area is 124 Å². The van der Waals surface area contributed by atoms with Crippen molar-refractivity contribution in [3.05, 3.63) is 40.7 Å². The summed E-state index contributed by atoms with van der Waals surface area (Å²) >= 11 is 0. The molecule has 5 nitrogen and oxygen atoms in total. The van der Waals surface area contributed by atoms with Crippen LogP contribution in [0.25, 0.3) is 0 Å². The largest absolute Gasteiger partial charge is 0.454 e. The maximum Gasteiger partial charge on any atom is 0.231 e. The molecule has 0 fully saturated rings. The first kappa shape index (κ1) is 14.7. The van der Waals surface area contributed by atoms with Crippen molar-refractivity contribution in [3.63, 3.8) is 0 Å². The lowest BCUT2D eigenvalue weighted by Crippen LogP contribution is -2.13. The van der Waals surface area contributed by atoms with Gasteiger partial charge in [-0.3, -0.25) is 5.10 Å².